The summed E-state index contributed by atoms with van der Waals surface area (Å²) >= 11 is 0. The fourth-order valence-corrected chi connectivity index (χ4v) is 5.66. The van der Waals surface area contributed by atoms with Crippen LogP contribution < -0.4 is 20.8 Å². The SMILES string of the molecule is COc1cc(N2CCNCC2)ccc1-c1cc(C(=O)N(C)C)cc2cc(C3=CCCN(C(=O)CCN=C/C=N\N)C3)[nH]c12. The number of nitrogens with one attached hydrogen (secondary N) is 2. The number of piperazine rings is 1. The van der Waals surface area contributed by atoms with Gasteiger partial charge in [0.1, 0.15) is 5.75 Å². The van der Waals surface area contributed by atoms with E-state index in [4.69, 9.17) is 10.6 Å². The number of aliphatic imine (C=N–C) groups is 1. The number of carbonyl (C=O) groups is 2. The number of benzene rings is 2. The highest BCUT2D eigenvalue weighted by Crippen LogP contribution is 2.39. The summed E-state index contributed by atoms with van der Waals surface area (Å²) in [6.07, 6.45) is 6.15. The van der Waals surface area contributed by atoms with E-state index in [2.05, 4.69) is 55.6 Å². The van der Waals surface area contributed by atoms with Crippen LogP contribution in [0.4, 0.5) is 5.69 Å². The Balaban J connectivity index is 1.49. The molecule has 0 saturated carbocycles. The molecular formula is C32H40N8O3. The summed E-state index contributed by atoms with van der Waals surface area (Å²) in [7, 11) is 5.20. The maximum absolute atomic E-state index is 13.2. The van der Waals surface area contributed by atoms with Crippen molar-refractivity contribution >= 4 is 46.4 Å². The number of aromatic nitrogens is 1. The van der Waals surface area contributed by atoms with Crippen LogP contribution in [0.3, 0.4) is 0 Å². The minimum atomic E-state index is -0.0728. The van der Waals surface area contributed by atoms with Crippen LogP contribution in [-0.4, -0.2) is 106 Å². The van der Waals surface area contributed by atoms with Gasteiger partial charge in [-0.25, -0.2) is 0 Å². The van der Waals surface area contributed by atoms with Gasteiger partial charge >= 0.3 is 0 Å². The van der Waals surface area contributed by atoms with Gasteiger partial charge < -0.3 is 35.6 Å². The van der Waals surface area contributed by atoms with Gasteiger partial charge in [-0.05, 0) is 42.3 Å². The second-order valence-electron chi connectivity index (χ2n) is 10.9. The molecule has 4 N–H and O–H groups in total. The molecular weight excluding hydrogens is 544 g/mol. The highest BCUT2D eigenvalue weighted by atomic mass is 16.5. The predicted octanol–water partition coefficient (Wildman–Crippen LogP) is 2.98. The van der Waals surface area contributed by atoms with E-state index in [0.29, 0.717) is 31.6 Å². The zero-order chi connectivity index (χ0) is 30.3. The number of carbonyl (C=O) groups excluding carboxylic acids is 2. The van der Waals surface area contributed by atoms with Crippen LogP contribution in [0.15, 0.2) is 52.6 Å². The molecule has 226 valence electrons. The molecule has 0 aliphatic carbocycles. The Morgan fingerprint density at radius 1 is 1.07 bits per heavy atom. The third-order valence-corrected chi connectivity index (χ3v) is 7.90. The summed E-state index contributed by atoms with van der Waals surface area (Å²) in [5.41, 5.74) is 6.39. The highest BCUT2D eigenvalue weighted by molar-refractivity contribution is 6.15. The van der Waals surface area contributed by atoms with Gasteiger partial charge in [0.2, 0.25) is 5.91 Å². The largest absolute Gasteiger partial charge is 0.496 e. The number of nitrogens with two attached hydrogens (primary N) is 1. The first-order valence-electron chi connectivity index (χ1n) is 14.6. The lowest BCUT2D eigenvalue weighted by atomic mass is 9.98. The topological polar surface area (TPSA) is 132 Å². The standard InChI is InChI=1S/C32H40N8O3/c1-38(2)32(42)24-17-23-19-28(22-5-4-14-40(21-22)30(41)8-9-34-10-11-36-33)37-31(23)27(18-24)26-7-6-25(20-29(26)43-3)39-15-12-35-13-16-39/h5-7,10-11,17-20,35,37H,4,8-9,12-16,21,33H2,1-3H3/b34-10?,36-11-. The van der Waals surface area contributed by atoms with Crippen molar-refractivity contribution in [1.82, 2.24) is 20.1 Å². The van der Waals surface area contributed by atoms with Crippen LogP contribution in [0.25, 0.3) is 27.6 Å². The Morgan fingerprint density at radius 2 is 1.88 bits per heavy atom. The molecule has 5 rings (SSSR count). The predicted molar refractivity (Wildman–Crippen MR) is 173 cm³/mol. The van der Waals surface area contributed by atoms with Crippen LogP contribution in [0, 0.1) is 0 Å². The second kappa shape index (κ2) is 13.6. The molecule has 43 heavy (non-hydrogen) atoms. The molecule has 2 amide bonds. The molecule has 1 saturated heterocycles. The van der Waals surface area contributed by atoms with Crippen LogP contribution in [0.2, 0.25) is 0 Å². The summed E-state index contributed by atoms with van der Waals surface area (Å²) < 4.78 is 5.92. The van der Waals surface area contributed by atoms with Crippen molar-refractivity contribution in [2.75, 3.05) is 71.9 Å². The van der Waals surface area contributed by atoms with Gasteiger partial charge in [0.05, 0.1) is 18.8 Å². The zero-order valence-electron chi connectivity index (χ0n) is 25.1. The maximum atomic E-state index is 13.2. The molecule has 0 spiro atoms. The van der Waals surface area contributed by atoms with E-state index in [0.717, 1.165) is 77.3 Å². The molecule has 11 heteroatoms. The van der Waals surface area contributed by atoms with Crippen molar-refractivity contribution in [2.24, 2.45) is 15.9 Å². The molecule has 2 aliphatic heterocycles. The number of aromatic amines is 1. The smallest absolute Gasteiger partial charge is 0.253 e. The van der Waals surface area contributed by atoms with Gasteiger partial charge in [-0.1, -0.05) is 6.08 Å². The molecule has 0 radical (unpaired) electrons. The van der Waals surface area contributed by atoms with E-state index in [1.165, 1.54) is 12.4 Å². The molecule has 3 heterocycles. The molecule has 0 unspecified atom stereocenters. The average molecular weight is 585 g/mol. The quantitative estimate of drug-likeness (QED) is 0.201. The fourth-order valence-electron chi connectivity index (χ4n) is 5.66. The number of amides is 2. The first kappa shape index (κ1) is 29.8. The first-order valence-corrected chi connectivity index (χ1v) is 14.6. The molecule has 0 bridgehead atoms. The summed E-state index contributed by atoms with van der Waals surface area (Å²) in [6.45, 7) is 5.31. The number of hydrazone groups is 1. The molecule has 11 nitrogen and oxygen atoms in total. The Hall–Kier alpha value is -4.64. The normalized spacial score (nSPS) is 15.8. The van der Waals surface area contributed by atoms with Gasteiger partial charge in [0.25, 0.3) is 5.91 Å². The number of fused-ring (bicyclic) bond motifs is 1. The zero-order valence-corrected chi connectivity index (χ0v) is 25.1. The lowest BCUT2D eigenvalue weighted by Gasteiger charge is -2.30. The number of hydrogen-bond acceptors (Lipinski definition) is 8. The first-order chi connectivity index (χ1) is 20.9. The van der Waals surface area contributed by atoms with E-state index in [1.54, 1.807) is 26.1 Å². The van der Waals surface area contributed by atoms with Gasteiger partial charge in [0.15, 0.2) is 0 Å². The van der Waals surface area contributed by atoms with E-state index in [1.807, 2.05) is 17.0 Å². The van der Waals surface area contributed by atoms with Gasteiger partial charge in [-0.15, -0.1) is 0 Å². The van der Waals surface area contributed by atoms with Crippen molar-refractivity contribution < 1.29 is 14.3 Å². The molecule has 0 atom stereocenters. The number of anilines is 1. The van der Waals surface area contributed by atoms with Crippen LogP contribution in [0.5, 0.6) is 5.75 Å². The Labute approximate surface area is 252 Å². The van der Waals surface area contributed by atoms with E-state index in [-0.39, 0.29) is 11.8 Å². The Kier molecular flexibility index (Phi) is 9.41. The van der Waals surface area contributed by atoms with Gasteiger partial charge in [-0.2, -0.15) is 5.10 Å². The lowest BCUT2D eigenvalue weighted by molar-refractivity contribution is -0.130. The number of nitrogens with zero attached hydrogens (tertiary/aromatic N) is 5. The summed E-state index contributed by atoms with van der Waals surface area (Å²) in [5, 5.41) is 7.69. The van der Waals surface area contributed by atoms with E-state index in [9.17, 15) is 9.59 Å². The van der Waals surface area contributed by atoms with Crippen LogP contribution in [-0.2, 0) is 4.79 Å². The minimum absolute atomic E-state index is 0.0532. The number of methoxy groups -OCH3 is 1. The summed E-state index contributed by atoms with van der Waals surface area (Å²) in [4.78, 5) is 39.6. The monoisotopic (exact) mass is 584 g/mol. The second-order valence-corrected chi connectivity index (χ2v) is 10.9. The van der Waals surface area contributed by atoms with Crippen molar-refractivity contribution in [2.45, 2.75) is 12.8 Å². The fraction of sp³-hybridized carbons (Fsp3) is 0.375. The van der Waals surface area contributed by atoms with Crippen molar-refractivity contribution in [3.63, 3.8) is 0 Å². The molecule has 2 aliphatic rings. The lowest BCUT2D eigenvalue weighted by Crippen LogP contribution is -2.43. The van der Waals surface area contributed by atoms with Crippen molar-refractivity contribution in [3.8, 4) is 16.9 Å². The number of H-pyrrole nitrogens is 1. The van der Waals surface area contributed by atoms with Crippen molar-refractivity contribution in [3.05, 3.63) is 53.7 Å². The third-order valence-electron chi connectivity index (χ3n) is 7.90. The Bertz CT molecular complexity index is 1570. The third kappa shape index (κ3) is 6.72. The van der Waals surface area contributed by atoms with Gasteiger partial charge in [-0.3, -0.25) is 14.6 Å². The molecule has 3 aromatic rings. The molecule has 1 fully saturated rings. The Morgan fingerprint density at radius 3 is 2.63 bits per heavy atom. The van der Waals surface area contributed by atoms with Gasteiger partial charge in [0, 0.05) is 112 Å². The van der Waals surface area contributed by atoms with E-state index >= 15 is 0 Å². The highest BCUT2D eigenvalue weighted by Gasteiger charge is 2.23. The summed E-state index contributed by atoms with van der Waals surface area (Å²) in [5.74, 6) is 5.81. The average Bonchev–Trinajstić information content (AvgIpc) is 3.48. The number of rotatable bonds is 9. The van der Waals surface area contributed by atoms with E-state index < -0.39 is 0 Å². The number of hydrogen-bond donors (Lipinski definition) is 3. The minimum Gasteiger partial charge on any atom is -0.496 e. The van der Waals surface area contributed by atoms with Crippen LogP contribution in [0.1, 0.15) is 28.9 Å². The number of ether oxygens (including phenoxy) is 1. The summed E-state index contributed by atoms with van der Waals surface area (Å²) in [6, 6.07) is 12.2. The van der Waals surface area contributed by atoms with Crippen LogP contribution >= 0.6 is 0 Å². The van der Waals surface area contributed by atoms with Crippen molar-refractivity contribution in [1.29, 1.82) is 0 Å². The molecule has 2 aromatic carbocycles. The maximum Gasteiger partial charge on any atom is 0.253 e. The molecule has 1 aromatic heterocycles.